The Labute approximate surface area is 223 Å². The van der Waals surface area contributed by atoms with Gasteiger partial charge in [-0.1, -0.05) is 45.0 Å². The fourth-order valence-corrected chi connectivity index (χ4v) is 4.88. The first-order valence-electron chi connectivity index (χ1n) is 12.9. The van der Waals surface area contributed by atoms with Gasteiger partial charge in [0.25, 0.3) is 0 Å². The van der Waals surface area contributed by atoms with Crippen molar-refractivity contribution in [3.63, 3.8) is 0 Å². The normalized spacial score (nSPS) is 16.0. The van der Waals surface area contributed by atoms with Crippen LogP contribution in [0.15, 0.2) is 48.7 Å². The van der Waals surface area contributed by atoms with Crippen LogP contribution in [0.4, 0.5) is 11.8 Å². The second-order valence-corrected chi connectivity index (χ2v) is 10.6. The summed E-state index contributed by atoms with van der Waals surface area (Å²) in [5.41, 5.74) is 11.5. The molecule has 5 rings (SSSR count). The Morgan fingerprint density at radius 2 is 1.76 bits per heavy atom. The third kappa shape index (κ3) is 5.19. The Balaban J connectivity index is 1.52. The Kier molecular flexibility index (Phi) is 7.03. The van der Waals surface area contributed by atoms with Gasteiger partial charge in [0.2, 0.25) is 5.95 Å². The van der Waals surface area contributed by atoms with Crippen molar-refractivity contribution in [2.45, 2.75) is 38.6 Å². The van der Waals surface area contributed by atoms with Gasteiger partial charge < -0.3 is 25.4 Å². The van der Waals surface area contributed by atoms with E-state index in [0.29, 0.717) is 34.2 Å². The van der Waals surface area contributed by atoms with Gasteiger partial charge in [-0.2, -0.15) is 9.97 Å². The Morgan fingerprint density at radius 1 is 1.00 bits per heavy atom. The second kappa shape index (κ2) is 10.4. The molecule has 0 aliphatic carbocycles. The number of nitrogens with two attached hydrogens (primary N) is 1. The Hall–Kier alpha value is -3.98. The number of nitrogen functional groups attached to an aromatic ring is 1. The fourth-order valence-electron chi connectivity index (χ4n) is 4.88. The van der Waals surface area contributed by atoms with Crippen molar-refractivity contribution < 1.29 is 9.47 Å². The molecule has 0 spiro atoms. The van der Waals surface area contributed by atoms with Crippen molar-refractivity contribution in [1.29, 1.82) is 0 Å². The van der Waals surface area contributed by atoms with Crippen molar-refractivity contribution in [3.8, 4) is 22.8 Å². The van der Waals surface area contributed by atoms with Crippen molar-refractivity contribution in [1.82, 2.24) is 25.3 Å². The molecular weight excluding hydrogens is 478 g/mol. The summed E-state index contributed by atoms with van der Waals surface area (Å²) < 4.78 is 10.9. The van der Waals surface area contributed by atoms with Gasteiger partial charge in [0, 0.05) is 31.2 Å². The molecule has 1 unspecified atom stereocenters. The van der Waals surface area contributed by atoms with E-state index in [2.05, 4.69) is 70.2 Å². The monoisotopic (exact) mass is 513 g/mol. The van der Waals surface area contributed by atoms with Crippen molar-refractivity contribution in [2.24, 2.45) is 0 Å². The Morgan fingerprint density at radius 3 is 2.47 bits per heavy atom. The van der Waals surface area contributed by atoms with Crippen molar-refractivity contribution in [3.05, 3.63) is 59.8 Å². The average Bonchev–Trinajstić information content (AvgIpc) is 2.92. The van der Waals surface area contributed by atoms with Gasteiger partial charge in [-0.05, 0) is 41.2 Å². The maximum atomic E-state index is 6.14. The highest BCUT2D eigenvalue weighted by Crippen LogP contribution is 2.33. The predicted octanol–water partition coefficient (Wildman–Crippen LogP) is 4.00. The first-order chi connectivity index (χ1) is 18.3. The van der Waals surface area contributed by atoms with Crippen molar-refractivity contribution >= 4 is 22.9 Å². The lowest BCUT2D eigenvalue weighted by molar-refractivity contribution is 0.355. The first-order valence-corrected chi connectivity index (χ1v) is 12.9. The summed E-state index contributed by atoms with van der Waals surface area (Å²) in [6, 6.07) is 14.8. The maximum Gasteiger partial charge on any atom is 0.224 e. The highest BCUT2D eigenvalue weighted by Gasteiger charge is 2.27. The molecule has 4 aromatic rings. The van der Waals surface area contributed by atoms with Crippen LogP contribution in [0.25, 0.3) is 22.4 Å². The van der Waals surface area contributed by atoms with Crippen LogP contribution >= 0.6 is 0 Å². The number of ether oxygens (including phenoxy) is 2. The number of fused-ring (bicyclic) bond motifs is 1. The molecule has 38 heavy (non-hydrogen) atoms. The number of hydrogen-bond acceptors (Lipinski definition) is 9. The number of rotatable bonds is 6. The standard InChI is InChI=1S/C29H35N7O2/c1-29(2,3)20-9-6-18(7-10-20)14-21-16-31-12-13-36(21)27-25-26(34-28(30)35-27)32-17-22(33-25)19-8-11-23(37-4)24(15-19)38-5/h6-11,15,17,21,31H,12-14,16H2,1-5H3,(H2,30,32,34,35). The van der Waals surface area contributed by atoms with E-state index >= 15 is 0 Å². The first kappa shape index (κ1) is 25.7. The number of hydrogen-bond donors (Lipinski definition) is 2. The minimum atomic E-state index is 0.124. The molecule has 1 aliphatic rings. The largest absolute Gasteiger partial charge is 0.493 e. The van der Waals surface area contributed by atoms with E-state index in [1.54, 1.807) is 20.4 Å². The van der Waals surface area contributed by atoms with Gasteiger partial charge in [-0.15, -0.1) is 0 Å². The molecule has 198 valence electrons. The number of aromatic nitrogens is 4. The van der Waals surface area contributed by atoms with Crippen LogP contribution in [0.1, 0.15) is 31.9 Å². The quantitative estimate of drug-likeness (QED) is 0.395. The van der Waals surface area contributed by atoms with Crippen LogP contribution in [0, 0.1) is 0 Å². The number of anilines is 2. The molecule has 9 nitrogen and oxygen atoms in total. The lowest BCUT2D eigenvalue weighted by Gasteiger charge is -2.37. The van der Waals surface area contributed by atoms with Gasteiger partial charge in [0.05, 0.1) is 26.1 Å². The lowest BCUT2D eigenvalue weighted by Crippen LogP contribution is -2.53. The van der Waals surface area contributed by atoms with E-state index in [1.807, 2.05) is 18.2 Å². The van der Waals surface area contributed by atoms with Crippen LogP contribution in [0.5, 0.6) is 11.5 Å². The molecule has 1 fully saturated rings. The number of piperazine rings is 1. The summed E-state index contributed by atoms with van der Waals surface area (Å²) in [5, 5.41) is 3.54. The maximum absolute atomic E-state index is 6.14. The summed E-state index contributed by atoms with van der Waals surface area (Å²) in [7, 11) is 3.23. The molecule has 0 bridgehead atoms. The molecule has 0 saturated carbocycles. The number of nitrogens with one attached hydrogen (secondary N) is 1. The molecule has 1 saturated heterocycles. The SMILES string of the molecule is COc1ccc(-c2cnc3nc(N)nc(N4CCNCC4Cc4ccc(C(C)(C)C)cc4)c3n2)cc1OC. The molecule has 0 amide bonds. The summed E-state index contributed by atoms with van der Waals surface area (Å²) in [4.78, 5) is 20.9. The van der Waals surface area contributed by atoms with Crippen LogP contribution in [0.2, 0.25) is 0 Å². The fraction of sp³-hybridized carbons (Fsp3) is 0.379. The van der Waals surface area contributed by atoms with Gasteiger partial charge >= 0.3 is 0 Å². The van der Waals surface area contributed by atoms with E-state index in [1.165, 1.54) is 11.1 Å². The summed E-state index contributed by atoms with van der Waals surface area (Å²) in [6.45, 7) is 9.14. The minimum absolute atomic E-state index is 0.124. The molecule has 2 aromatic heterocycles. The molecular formula is C29H35N7O2. The van der Waals surface area contributed by atoms with Gasteiger partial charge in [-0.3, -0.25) is 0 Å². The van der Waals surface area contributed by atoms with E-state index < -0.39 is 0 Å². The highest BCUT2D eigenvalue weighted by atomic mass is 16.5. The molecule has 3 N–H and O–H groups in total. The van der Waals surface area contributed by atoms with Gasteiger partial charge in [0.1, 0.15) is 0 Å². The zero-order valence-corrected chi connectivity index (χ0v) is 22.7. The Bertz CT molecular complexity index is 1430. The lowest BCUT2D eigenvalue weighted by atomic mass is 9.86. The van der Waals surface area contributed by atoms with Crippen LogP contribution in [-0.2, 0) is 11.8 Å². The smallest absolute Gasteiger partial charge is 0.224 e. The number of benzene rings is 2. The van der Waals surface area contributed by atoms with Crippen LogP contribution in [0.3, 0.4) is 0 Å². The number of nitrogens with zero attached hydrogens (tertiary/aromatic N) is 5. The summed E-state index contributed by atoms with van der Waals surface area (Å²) in [5.74, 6) is 2.17. The second-order valence-electron chi connectivity index (χ2n) is 10.6. The van der Waals surface area contributed by atoms with Crippen LogP contribution in [-0.4, -0.2) is 59.8 Å². The van der Waals surface area contributed by atoms with E-state index in [0.717, 1.165) is 31.6 Å². The molecule has 2 aromatic carbocycles. The third-order valence-corrected chi connectivity index (χ3v) is 7.00. The predicted molar refractivity (Wildman–Crippen MR) is 151 cm³/mol. The molecule has 1 atom stereocenters. The zero-order chi connectivity index (χ0) is 26.9. The van der Waals surface area contributed by atoms with Crippen molar-refractivity contribution in [2.75, 3.05) is 44.5 Å². The van der Waals surface area contributed by atoms with Gasteiger partial charge in [0.15, 0.2) is 28.5 Å². The molecule has 0 radical (unpaired) electrons. The number of methoxy groups -OCH3 is 2. The molecule has 1 aliphatic heterocycles. The summed E-state index contributed by atoms with van der Waals surface area (Å²) in [6.07, 6.45) is 2.57. The zero-order valence-electron chi connectivity index (χ0n) is 22.7. The average molecular weight is 514 g/mol. The molecule has 9 heteroatoms. The third-order valence-electron chi connectivity index (χ3n) is 7.00. The van der Waals surface area contributed by atoms with E-state index in [-0.39, 0.29) is 17.4 Å². The van der Waals surface area contributed by atoms with Crippen LogP contribution < -0.4 is 25.4 Å². The van der Waals surface area contributed by atoms with E-state index in [9.17, 15) is 0 Å². The summed E-state index contributed by atoms with van der Waals surface area (Å²) >= 11 is 0. The minimum Gasteiger partial charge on any atom is -0.493 e. The van der Waals surface area contributed by atoms with E-state index in [4.69, 9.17) is 20.2 Å². The molecule has 3 heterocycles. The van der Waals surface area contributed by atoms with Gasteiger partial charge in [-0.25, -0.2) is 9.97 Å². The highest BCUT2D eigenvalue weighted by molar-refractivity contribution is 5.86. The topological polar surface area (TPSA) is 111 Å².